The molecule has 0 bridgehead atoms. The van der Waals surface area contributed by atoms with Crippen molar-refractivity contribution in [2.75, 3.05) is 26.2 Å². The van der Waals surface area contributed by atoms with Gasteiger partial charge < -0.3 is 5.32 Å². The van der Waals surface area contributed by atoms with Gasteiger partial charge in [-0.3, -0.25) is 4.90 Å². The number of nitrogens with zero attached hydrogens (tertiary/aromatic N) is 1. The fourth-order valence-corrected chi connectivity index (χ4v) is 2.58. The lowest BCUT2D eigenvalue weighted by Gasteiger charge is -2.38. The van der Waals surface area contributed by atoms with Crippen LogP contribution in [0.2, 0.25) is 0 Å². The van der Waals surface area contributed by atoms with E-state index in [1.54, 1.807) is 0 Å². The van der Waals surface area contributed by atoms with E-state index in [1.807, 2.05) is 0 Å². The summed E-state index contributed by atoms with van der Waals surface area (Å²) in [5.74, 6) is 1.83. The zero-order valence-electron chi connectivity index (χ0n) is 8.92. The summed E-state index contributed by atoms with van der Waals surface area (Å²) in [6.07, 6.45) is 2.76. The molecule has 0 aromatic heterocycles. The van der Waals surface area contributed by atoms with Gasteiger partial charge in [-0.15, -0.1) is 0 Å². The third-order valence-electron chi connectivity index (χ3n) is 3.92. The van der Waals surface area contributed by atoms with E-state index in [-0.39, 0.29) is 0 Å². The van der Waals surface area contributed by atoms with Crippen LogP contribution < -0.4 is 5.32 Å². The summed E-state index contributed by atoms with van der Waals surface area (Å²) in [5.41, 5.74) is 0. The summed E-state index contributed by atoms with van der Waals surface area (Å²) in [7, 11) is 0. The topological polar surface area (TPSA) is 15.3 Å². The minimum Gasteiger partial charge on any atom is -0.315 e. The van der Waals surface area contributed by atoms with Gasteiger partial charge in [-0.1, -0.05) is 13.8 Å². The summed E-state index contributed by atoms with van der Waals surface area (Å²) in [5, 5.41) is 3.45. The smallest absolute Gasteiger partial charge is 0.0232 e. The summed E-state index contributed by atoms with van der Waals surface area (Å²) in [6.45, 7) is 9.91. The highest BCUT2D eigenvalue weighted by Gasteiger charge is 2.28. The third kappa shape index (κ3) is 2.05. The number of hydrogen-bond donors (Lipinski definition) is 1. The molecule has 3 unspecified atom stereocenters. The molecule has 2 aliphatic rings. The Labute approximate surface area is 81.7 Å². The Balaban J connectivity index is 1.87. The first-order chi connectivity index (χ1) is 6.27. The normalized spacial score (nSPS) is 42.5. The number of rotatable bonds is 1. The van der Waals surface area contributed by atoms with Gasteiger partial charge in [0, 0.05) is 19.1 Å². The SMILES string of the molecule is CC1CCN(C2CCNC2)CC1C. The molecule has 2 nitrogen and oxygen atoms in total. The fourth-order valence-electron chi connectivity index (χ4n) is 2.58. The molecule has 2 aliphatic heterocycles. The number of nitrogens with one attached hydrogen (secondary N) is 1. The van der Waals surface area contributed by atoms with Crippen LogP contribution in [0, 0.1) is 11.8 Å². The second-order valence-electron chi connectivity index (χ2n) is 4.88. The van der Waals surface area contributed by atoms with Crippen molar-refractivity contribution in [1.29, 1.82) is 0 Å². The molecule has 0 radical (unpaired) electrons. The van der Waals surface area contributed by atoms with Crippen molar-refractivity contribution in [1.82, 2.24) is 10.2 Å². The second-order valence-corrected chi connectivity index (χ2v) is 4.88. The van der Waals surface area contributed by atoms with Gasteiger partial charge in [-0.05, 0) is 37.8 Å². The molecule has 2 heteroatoms. The Kier molecular flexibility index (Phi) is 2.89. The van der Waals surface area contributed by atoms with Crippen molar-refractivity contribution in [3.8, 4) is 0 Å². The van der Waals surface area contributed by atoms with Crippen molar-refractivity contribution >= 4 is 0 Å². The molecule has 2 fully saturated rings. The van der Waals surface area contributed by atoms with Crippen molar-refractivity contribution in [3.63, 3.8) is 0 Å². The van der Waals surface area contributed by atoms with Gasteiger partial charge in [0.05, 0.1) is 0 Å². The molecule has 2 rings (SSSR count). The molecular formula is C11H22N2. The van der Waals surface area contributed by atoms with Gasteiger partial charge in [-0.2, -0.15) is 0 Å². The van der Waals surface area contributed by atoms with Crippen LogP contribution in [0.25, 0.3) is 0 Å². The van der Waals surface area contributed by atoms with E-state index < -0.39 is 0 Å². The summed E-state index contributed by atoms with van der Waals surface area (Å²) in [4.78, 5) is 2.70. The largest absolute Gasteiger partial charge is 0.315 e. The van der Waals surface area contributed by atoms with Gasteiger partial charge in [0.25, 0.3) is 0 Å². The molecule has 76 valence electrons. The van der Waals surface area contributed by atoms with E-state index >= 15 is 0 Å². The van der Waals surface area contributed by atoms with E-state index in [0.29, 0.717) is 0 Å². The summed E-state index contributed by atoms with van der Waals surface area (Å²) >= 11 is 0. The van der Waals surface area contributed by atoms with E-state index in [2.05, 4.69) is 24.1 Å². The van der Waals surface area contributed by atoms with Gasteiger partial charge in [-0.25, -0.2) is 0 Å². The number of piperidine rings is 1. The van der Waals surface area contributed by atoms with Crippen LogP contribution >= 0.6 is 0 Å². The van der Waals surface area contributed by atoms with Crippen LogP contribution in [-0.2, 0) is 0 Å². The average molecular weight is 182 g/mol. The lowest BCUT2D eigenvalue weighted by molar-refractivity contribution is 0.103. The third-order valence-corrected chi connectivity index (χ3v) is 3.92. The molecule has 0 aromatic rings. The van der Waals surface area contributed by atoms with Crippen molar-refractivity contribution < 1.29 is 0 Å². The van der Waals surface area contributed by atoms with Gasteiger partial charge in [0.15, 0.2) is 0 Å². The Morgan fingerprint density at radius 2 is 2.00 bits per heavy atom. The second kappa shape index (κ2) is 3.97. The minimum atomic E-state index is 0.843. The highest BCUT2D eigenvalue weighted by molar-refractivity contribution is 4.85. The molecule has 2 saturated heterocycles. The van der Waals surface area contributed by atoms with Crippen LogP contribution in [0.15, 0.2) is 0 Å². The van der Waals surface area contributed by atoms with Crippen molar-refractivity contribution in [2.45, 2.75) is 32.7 Å². The lowest BCUT2D eigenvalue weighted by atomic mass is 9.88. The first kappa shape index (κ1) is 9.47. The monoisotopic (exact) mass is 182 g/mol. The average Bonchev–Trinajstić information content (AvgIpc) is 2.62. The molecule has 0 saturated carbocycles. The zero-order chi connectivity index (χ0) is 9.26. The first-order valence-corrected chi connectivity index (χ1v) is 5.72. The maximum Gasteiger partial charge on any atom is 0.0232 e. The Morgan fingerprint density at radius 3 is 2.62 bits per heavy atom. The predicted molar refractivity (Wildman–Crippen MR) is 55.8 cm³/mol. The minimum absolute atomic E-state index is 0.843. The number of hydrogen-bond acceptors (Lipinski definition) is 2. The van der Waals surface area contributed by atoms with Gasteiger partial charge >= 0.3 is 0 Å². The van der Waals surface area contributed by atoms with Crippen molar-refractivity contribution in [2.24, 2.45) is 11.8 Å². The van der Waals surface area contributed by atoms with Gasteiger partial charge in [0.1, 0.15) is 0 Å². The lowest BCUT2D eigenvalue weighted by Crippen LogP contribution is -2.45. The molecule has 1 N–H and O–H groups in total. The molecule has 0 spiro atoms. The van der Waals surface area contributed by atoms with E-state index in [1.165, 1.54) is 39.0 Å². The maximum absolute atomic E-state index is 3.45. The summed E-state index contributed by atoms with van der Waals surface area (Å²) < 4.78 is 0. The fraction of sp³-hybridized carbons (Fsp3) is 1.00. The number of likely N-dealkylation sites (tertiary alicyclic amines) is 1. The molecule has 0 aliphatic carbocycles. The molecule has 0 amide bonds. The van der Waals surface area contributed by atoms with Crippen LogP contribution in [0.3, 0.4) is 0 Å². The quantitative estimate of drug-likeness (QED) is 0.658. The predicted octanol–water partition coefficient (Wildman–Crippen LogP) is 1.33. The molecule has 3 atom stereocenters. The molecule has 2 heterocycles. The molecule has 0 aromatic carbocycles. The van der Waals surface area contributed by atoms with E-state index in [9.17, 15) is 0 Å². The van der Waals surface area contributed by atoms with Crippen LogP contribution in [0.4, 0.5) is 0 Å². The Morgan fingerprint density at radius 1 is 1.15 bits per heavy atom. The molecular weight excluding hydrogens is 160 g/mol. The van der Waals surface area contributed by atoms with Gasteiger partial charge in [0.2, 0.25) is 0 Å². The van der Waals surface area contributed by atoms with Crippen LogP contribution in [0.5, 0.6) is 0 Å². The van der Waals surface area contributed by atoms with Crippen molar-refractivity contribution in [3.05, 3.63) is 0 Å². The molecule has 13 heavy (non-hydrogen) atoms. The first-order valence-electron chi connectivity index (χ1n) is 5.72. The highest BCUT2D eigenvalue weighted by atomic mass is 15.2. The zero-order valence-corrected chi connectivity index (χ0v) is 8.92. The Hall–Kier alpha value is -0.0800. The highest BCUT2D eigenvalue weighted by Crippen LogP contribution is 2.25. The standard InChI is InChI=1S/C11H22N2/c1-9-4-6-13(8-10(9)2)11-3-5-12-7-11/h9-12H,3-8H2,1-2H3. The Bertz CT molecular complexity index is 163. The van der Waals surface area contributed by atoms with Crippen LogP contribution in [0.1, 0.15) is 26.7 Å². The van der Waals surface area contributed by atoms with E-state index in [4.69, 9.17) is 0 Å². The van der Waals surface area contributed by atoms with E-state index in [0.717, 1.165) is 17.9 Å². The summed E-state index contributed by atoms with van der Waals surface area (Å²) in [6, 6.07) is 0.843. The van der Waals surface area contributed by atoms with Crippen LogP contribution in [-0.4, -0.2) is 37.1 Å². The maximum atomic E-state index is 3.45.